The van der Waals surface area contributed by atoms with Gasteiger partial charge in [0.25, 0.3) is 0 Å². The minimum absolute atomic E-state index is 0.118. The van der Waals surface area contributed by atoms with Gasteiger partial charge < -0.3 is 9.15 Å². The summed E-state index contributed by atoms with van der Waals surface area (Å²) in [7, 11) is 0. The monoisotopic (exact) mass is 408 g/mol. The lowest BCUT2D eigenvalue weighted by Gasteiger charge is -2.33. The number of hydrogen-bond donors (Lipinski definition) is 1. The number of furan rings is 1. The zero-order valence-electron chi connectivity index (χ0n) is 15.5. The average Bonchev–Trinajstić information content (AvgIpc) is 3.28. The number of fused-ring (bicyclic) bond motifs is 1. The topological polar surface area (TPSA) is 63.8 Å². The van der Waals surface area contributed by atoms with E-state index in [0.717, 1.165) is 5.56 Å². The Bertz CT molecular complexity index is 1040. The van der Waals surface area contributed by atoms with Crippen LogP contribution in [0.2, 0.25) is 0 Å². The van der Waals surface area contributed by atoms with Crippen molar-refractivity contribution in [2.75, 3.05) is 5.43 Å². The third kappa shape index (κ3) is 2.92. The van der Waals surface area contributed by atoms with E-state index in [1.807, 2.05) is 6.92 Å². The van der Waals surface area contributed by atoms with E-state index in [4.69, 9.17) is 9.15 Å². The van der Waals surface area contributed by atoms with E-state index in [2.05, 4.69) is 10.5 Å². The molecule has 2 heterocycles. The average molecular weight is 408 g/mol. The fraction of sp³-hybridized carbons (Fsp3) is 0.300. The number of nitrogens with zero attached hydrogens (tertiary/aromatic N) is 1. The Morgan fingerprint density at radius 3 is 2.52 bits per heavy atom. The molecule has 1 aliphatic carbocycles. The Morgan fingerprint density at radius 1 is 1.21 bits per heavy atom. The molecule has 0 saturated carbocycles. The quantitative estimate of drug-likeness (QED) is 0.335. The number of halogens is 4. The zero-order valence-corrected chi connectivity index (χ0v) is 15.5. The molecule has 2 aliphatic rings. The lowest BCUT2D eigenvalue weighted by Crippen LogP contribution is -2.30. The highest BCUT2D eigenvalue weighted by Crippen LogP contribution is 2.55. The van der Waals surface area contributed by atoms with Crippen LogP contribution in [0.4, 0.5) is 23.2 Å². The predicted molar refractivity (Wildman–Crippen MR) is 94.9 cm³/mol. The second-order valence-corrected chi connectivity index (χ2v) is 7.27. The number of ether oxygens (including phenoxy) is 1. The van der Waals surface area contributed by atoms with Crippen LogP contribution in [0.15, 0.2) is 45.3 Å². The van der Waals surface area contributed by atoms with Crippen molar-refractivity contribution in [1.29, 1.82) is 0 Å². The first-order valence-corrected chi connectivity index (χ1v) is 8.84. The summed E-state index contributed by atoms with van der Waals surface area (Å²) in [5, 5.41) is 3.92. The Morgan fingerprint density at radius 2 is 1.90 bits per heavy atom. The molecular weight excluding hydrogens is 392 g/mol. The zero-order chi connectivity index (χ0) is 20.9. The fourth-order valence-corrected chi connectivity index (χ4v) is 4.00. The van der Waals surface area contributed by atoms with Crippen LogP contribution < -0.4 is 5.43 Å². The molecule has 2 aromatic rings. The van der Waals surface area contributed by atoms with E-state index < -0.39 is 46.4 Å². The predicted octanol–water partition coefficient (Wildman–Crippen LogP) is 5.02. The van der Waals surface area contributed by atoms with Crippen molar-refractivity contribution in [3.8, 4) is 0 Å². The van der Waals surface area contributed by atoms with Gasteiger partial charge in [0.05, 0.1) is 23.8 Å². The number of hydrogen-bond acceptors (Lipinski definition) is 5. The molecule has 2 atom stereocenters. The third-order valence-electron chi connectivity index (χ3n) is 5.53. The van der Waals surface area contributed by atoms with Crippen LogP contribution in [0.1, 0.15) is 38.4 Å². The van der Waals surface area contributed by atoms with Crippen LogP contribution in [0.3, 0.4) is 0 Å². The van der Waals surface area contributed by atoms with E-state index in [-0.39, 0.29) is 6.07 Å². The second kappa shape index (κ2) is 6.75. The Labute approximate surface area is 163 Å². The molecule has 1 aromatic carbocycles. The summed E-state index contributed by atoms with van der Waals surface area (Å²) in [6.07, 6.45) is 3.29. The molecule has 0 bridgehead atoms. The van der Waals surface area contributed by atoms with Crippen molar-refractivity contribution in [1.82, 2.24) is 0 Å². The van der Waals surface area contributed by atoms with Gasteiger partial charge in [-0.1, -0.05) is 6.92 Å². The minimum Gasteiger partial charge on any atom is -0.472 e. The van der Waals surface area contributed by atoms with Gasteiger partial charge in [-0.15, -0.1) is 0 Å². The molecule has 1 fully saturated rings. The van der Waals surface area contributed by atoms with Crippen LogP contribution >= 0.6 is 0 Å². The molecule has 1 saturated heterocycles. The van der Waals surface area contributed by atoms with Crippen molar-refractivity contribution in [3.05, 3.63) is 64.6 Å². The Kier molecular flexibility index (Phi) is 4.48. The molecule has 0 spiro atoms. The Hall–Kier alpha value is -3.10. The summed E-state index contributed by atoms with van der Waals surface area (Å²) < 4.78 is 65.0. The maximum Gasteiger partial charge on any atom is 0.335 e. The molecule has 0 unspecified atom stereocenters. The van der Waals surface area contributed by atoms with Crippen molar-refractivity contribution in [2.24, 2.45) is 10.5 Å². The highest BCUT2D eigenvalue weighted by Gasteiger charge is 2.53. The van der Waals surface area contributed by atoms with Crippen molar-refractivity contribution in [3.63, 3.8) is 0 Å². The number of anilines is 1. The lowest BCUT2D eigenvalue weighted by atomic mass is 9.68. The number of cyclic esters (lactones) is 1. The number of esters is 1. The number of rotatable bonds is 3. The highest BCUT2D eigenvalue weighted by molar-refractivity contribution is 6.09. The molecule has 1 N–H and O–H groups in total. The van der Waals surface area contributed by atoms with Gasteiger partial charge in [-0.2, -0.15) is 5.10 Å². The maximum atomic E-state index is 13.8. The number of carbonyl (C=O) groups is 1. The summed E-state index contributed by atoms with van der Waals surface area (Å²) in [5.41, 5.74) is 2.35. The molecule has 152 valence electrons. The molecule has 0 radical (unpaired) electrons. The van der Waals surface area contributed by atoms with Crippen molar-refractivity contribution >= 4 is 17.4 Å². The first kappa shape index (κ1) is 19.2. The fourth-order valence-electron chi connectivity index (χ4n) is 4.00. The molecule has 1 aromatic heterocycles. The van der Waals surface area contributed by atoms with Crippen molar-refractivity contribution in [2.45, 2.75) is 32.8 Å². The summed E-state index contributed by atoms with van der Waals surface area (Å²) in [6, 6.07) is 1.84. The largest absolute Gasteiger partial charge is 0.472 e. The SMILES string of the molecule is CC1=C2C(=O)O[C@@H](c3ccoc3)[C@]2(C)CC/C1=N\Nc1c(F)c(F)cc(F)c1F. The molecule has 9 heteroatoms. The van der Waals surface area contributed by atoms with Gasteiger partial charge >= 0.3 is 5.97 Å². The standard InChI is InChI=1S/C20H16F4N2O3/c1-9-13(25-26-17-15(23)11(21)7-12(22)16(17)24)3-5-20(2)14(9)19(27)29-18(20)10-4-6-28-8-10/h4,6-8,18,26H,3,5H2,1-2H3/b25-13+/t18-,20+/m0/s1. The molecule has 0 amide bonds. The first-order chi connectivity index (χ1) is 13.7. The number of nitrogens with one attached hydrogen (secondary N) is 1. The van der Waals surface area contributed by atoms with Crippen LogP contribution in [0.25, 0.3) is 0 Å². The third-order valence-corrected chi connectivity index (χ3v) is 5.53. The van der Waals surface area contributed by atoms with Gasteiger partial charge in [-0.05, 0) is 31.4 Å². The first-order valence-electron chi connectivity index (χ1n) is 8.84. The summed E-state index contributed by atoms with van der Waals surface area (Å²) >= 11 is 0. The van der Waals surface area contributed by atoms with E-state index in [0.29, 0.717) is 29.7 Å². The van der Waals surface area contributed by atoms with E-state index in [1.165, 1.54) is 12.5 Å². The van der Waals surface area contributed by atoms with Gasteiger partial charge in [-0.25, -0.2) is 22.4 Å². The van der Waals surface area contributed by atoms with Crippen LogP contribution in [-0.2, 0) is 9.53 Å². The van der Waals surface area contributed by atoms with E-state index in [9.17, 15) is 22.4 Å². The van der Waals surface area contributed by atoms with Crippen LogP contribution in [0.5, 0.6) is 0 Å². The number of carbonyl (C=O) groups excluding carboxylic acids is 1. The maximum absolute atomic E-state index is 13.8. The van der Waals surface area contributed by atoms with E-state index >= 15 is 0 Å². The van der Waals surface area contributed by atoms with Gasteiger partial charge in [-0.3, -0.25) is 5.43 Å². The molecular formula is C20H16F4N2O3. The molecule has 1 aliphatic heterocycles. The van der Waals surface area contributed by atoms with Gasteiger partial charge in [0.1, 0.15) is 11.8 Å². The van der Waals surface area contributed by atoms with Crippen LogP contribution in [0, 0.1) is 28.7 Å². The minimum atomic E-state index is -1.58. The number of hydrazone groups is 1. The van der Waals surface area contributed by atoms with Gasteiger partial charge in [0, 0.05) is 17.0 Å². The van der Waals surface area contributed by atoms with Crippen molar-refractivity contribution < 1.29 is 31.5 Å². The lowest BCUT2D eigenvalue weighted by molar-refractivity contribution is -0.140. The number of allylic oxidation sites excluding steroid dienone is 1. The molecule has 29 heavy (non-hydrogen) atoms. The molecule has 5 nitrogen and oxygen atoms in total. The summed E-state index contributed by atoms with van der Waals surface area (Å²) in [4.78, 5) is 12.5. The van der Waals surface area contributed by atoms with Crippen LogP contribution in [-0.4, -0.2) is 11.7 Å². The summed E-state index contributed by atoms with van der Waals surface area (Å²) in [6.45, 7) is 3.53. The number of benzene rings is 1. The normalized spacial score (nSPS) is 25.4. The Balaban J connectivity index is 1.70. The smallest absolute Gasteiger partial charge is 0.335 e. The highest BCUT2D eigenvalue weighted by atomic mass is 19.2. The van der Waals surface area contributed by atoms with Gasteiger partial charge in [0.2, 0.25) is 0 Å². The van der Waals surface area contributed by atoms with Gasteiger partial charge in [0.15, 0.2) is 23.3 Å². The molecule has 4 rings (SSSR count). The second-order valence-electron chi connectivity index (χ2n) is 7.27. The summed E-state index contributed by atoms with van der Waals surface area (Å²) in [5.74, 6) is -6.77. The van der Waals surface area contributed by atoms with E-state index in [1.54, 1.807) is 13.0 Å².